The number of imidazole rings is 1. The van der Waals surface area contributed by atoms with Crippen molar-refractivity contribution in [2.45, 2.75) is 13.0 Å². The summed E-state index contributed by atoms with van der Waals surface area (Å²) in [6.45, 7) is 0.556. The number of hydrogen-bond donors (Lipinski definition) is 1. The van der Waals surface area contributed by atoms with Gasteiger partial charge in [0.25, 0.3) is 0 Å². The minimum absolute atomic E-state index is 0.280. The number of halogens is 2. The molecule has 0 radical (unpaired) electrons. The Morgan fingerprint density at radius 2 is 1.77 bits per heavy atom. The molecule has 5 heteroatoms. The first kappa shape index (κ1) is 14.9. The number of nitrogens with zero attached hydrogens (tertiary/aromatic N) is 2. The van der Waals surface area contributed by atoms with Crippen molar-refractivity contribution in [2.24, 2.45) is 0 Å². The molecule has 0 saturated heterocycles. The standard InChI is InChI=1S/C17H14Cl2N2O/c18-14-6-3-5-12(17(14)19)10-16-20-8-9-21(16)11-13-4-1-2-7-15(13)22/h1-9,22H,10-11H2. The predicted molar refractivity (Wildman–Crippen MR) is 88.7 cm³/mol. The molecule has 2 aromatic carbocycles. The topological polar surface area (TPSA) is 38.0 Å². The van der Waals surface area contributed by atoms with E-state index in [-0.39, 0.29) is 5.75 Å². The van der Waals surface area contributed by atoms with Gasteiger partial charge in [0.1, 0.15) is 11.6 Å². The molecule has 0 saturated carbocycles. The van der Waals surface area contributed by atoms with Crippen molar-refractivity contribution in [1.82, 2.24) is 9.55 Å². The molecule has 0 aliphatic carbocycles. The average Bonchev–Trinajstić information content (AvgIpc) is 2.93. The van der Waals surface area contributed by atoms with E-state index in [2.05, 4.69) is 4.98 Å². The van der Waals surface area contributed by atoms with Crippen LogP contribution in [0.25, 0.3) is 0 Å². The molecule has 3 aromatic rings. The molecule has 0 bridgehead atoms. The lowest BCUT2D eigenvalue weighted by molar-refractivity contribution is 0.465. The summed E-state index contributed by atoms with van der Waals surface area (Å²) in [6.07, 6.45) is 4.22. The molecule has 0 aliphatic heterocycles. The lowest BCUT2D eigenvalue weighted by Gasteiger charge is -2.10. The van der Waals surface area contributed by atoms with E-state index >= 15 is 0 Å². The van der Waals surface area contributed by atoms with Gasteiger partial charge in [0, 0.05) is 24.4 Å². The van der Waals surface area contributed by atoms with Crippen LogP contribution < -0.4 is 0 Å². The molecule has 0 aliphatic rings. The molecule has 0 unspecified atom stereocenters. The normalized spacial score (nSPS) is 10.8. The van der Waals surface area contributed by atoms with E-state index in [0.717, 1.165) is 17.0 Å². The van der Waals surface area contributed by atoms with Crippen LogP contribution in [0.4, 0.5) is 0 Å². The molecule has 0 amide bonds. The van der Waals surface area contributed by atoms with Gasteiger partial charge in [-0.05, 0) is 17.7 Å². The van der Waals surface area contributed by atoms with E-state index in [4.69, 9.17) is 23.2 Å². The molecule has 112 valence electrons. The highest BCUT2D eigenvalue weighted by Gasteiger charge is 2.10. The minimum atomic E-state index is 0.280. The SMILES string of the molecule is Oc1ccccc1Cn1ccnc1Cc1cccc(Cl)c1Cl. The van der Waals surface area contributed by atoms with Crippen LogP contribution in [0.3, 0.4) is 0 Å². The van der Waals surface area contributed by atoms with Crippen LogP contribution in [-0.2, 0) is 13.0 Å². The Morgan fingerprint density at radius 3 is 2.59 bits per heavy atom. The van der Waals surface area contributed by atoms with Crippen molar-refractivity contribution in [3.63, 3.8) is 0 Å². The molecule has 0 spiro atoms. The molecular formula is C17H14Cl2N2O. The molecule has 1 heterocycles. The number of phenols is 1. The maximum absolute atomic E-state index is 9.90. The summed E-state index contributed by atoms with van der Waals surface area (Å²) in [6, 6.07) is 12.9. The minimum Gasteiger partial charge on any atom is -0.508 e. The van der Waals surface area contributed by atoms with E-state index in [1.165, 1.54) is 0 Å². The van der Waals surface area contributed by atoms with Crippen LogP contribution >= 0.6 is 23.2 Å². The first-order valence-corrected chi connectivity index (χ1v) is 7.60. The number of rotatable bonds is 4. The number of aromatic hydroxyl groups is 1. The first-order valence-electron chi connectivity index (χ1n) is 6.85. The van der Waals surface area contributed by atoms with Crippen LogP contribution in [0.2, 0.25) is 10.0 Å². The molecule has 0 fully saturated rings. The third kappa shape index (κ3) is 3.11. The maximum Gasteiger partial charge on any atom is 0.120 e. The van der Waals surface area contributed by atoms with Gasteiger partial charge < -0.3 is 9.67 Å². The van der Waals surface area contributed by atoms with Crippen LogP contribution in [0.1, 0.15) is 17.0 Å². The highest BCUT2D eigenvalue weighted by molar-refractivity contribution is 6.42. The van der Waals surface area contributed by atoms with Crippen molar-refractivity contribution in [2.75, 3.05) is 0 Å². The first-order chi connectivity index (χ1) is 10.6. The van der Waals surface area contributed by atoms with Gasteiger partial charge in [0.2, 0.25) is 0 Å². The van der Waals surface area contributed by atoms with Crippen LogP contribution in [0, 0.1) is 0 Å². The number of para-hydroxylation sites is 1. The molecule has 1 N–H and O–H groups in total. The van der Waals surface area contributed by atoms with Gasteiger partial charge in [-0.3, -0.25) is 0 Å². The Kier molecular flexibility index (Phi) is 4.36. The molecule has 3 nitrogen and oxygen atoms in total. The Hall–Kier alpha value is -1.97. The van der Waals surface area contributed by atoms with Crippen LogP contribution in [-0.4, -0.2) is 14.7 Å². The second-order valence-corrected chi connectivity index (χ2v) is 5.77. The zero-order valence-corrected chi connectivity index (χ0v) is 13.2. The third-order valence-electron chi connectivity index (χ3n) is 3.51. The van der Waals surface area contributed by atoms with Crippen molar-refractivity contribution in [3.05, 3.63) is 81.9 Å². The highest BCUT2D eigenvalue weighted by atomic mass is 35.5. The summed E-state index contributed by atoms with van der Waals surface area (Å²) in [4.78, 5) is 4.39. The van der Waals surface area contributed by atoms with E-state index < -0.39 is 0 Å². The number of hydrogen-bond acceptors (Lipinski definition) is 2. The summed E-state index contributed by atoms with van der Waals surface area (Å²) >= 11 is 12.3. The summed E-state index contributed by atoms with van der Waals surface area (Å²) in [5, 5.41) is 11.0. The third-order valence-corrected chi connectivity index (χ3v) is 4.37. The van der Waals surface area contributed by atoms with E-state index in [0.29, 0.717) is 23.0 Å². The quantitative estimate of drug-likeness (QED) is 0.761. The molecule has 1 aromatic heterocycles. The summed E-state index contributed by atoms with van der Waals surface area (Å²) in [7, 11) is 0. The van der Waals surface area contributed by atoms with E-state index in [1.807, 2.05) is 35.0 Å². The van der Waals surface area contributed by atoms with Crippen molar-refractivity contribution in [1.29, 1.82) is 0 Å². The maximum atomic E-state index is 9.90. The predicted octanol–water partition coefficient (Wildman–Crippen LogP) is 4.53. The van der Waals surface area contributed by atoms with Gasteiger partial charge >= 0.3 is 0 Å². The number of phenolic OH excluding ortho intramolecular Hbond substituents is 1. The second-order valence-electron chi connectivity index (χ2n) is 4.99. The zero-order valence-electron chi connectivity index (χ0n) is 11.7. The lowest BCUT2D eigenvalue weighted by atomic mass is 10.1. The largest absolute Gasteiger partial charge is 0.508 e. The number of benzene rings is 2. The fourth-order valence-electron chi connectivity index (χ4n) is 2.33. The second kappa shape index (κ2) is 6.42. The monoisotopic (exact) mass is 332 g/mol. The van der Waals surface area contributed by atoms with E-state index in [9.17, 15) is 5.11 Å². The van der Waals surface area contributed by atoms with Crippen molar-refractivity contribution in [3.8, 4) is 5.75 Å². The van der Waals surface area contributed by atoms with Crippen LogP contribution in [0.15, 0.2) is 54.9 Å². The van der Waals surface area contributed by atoms with E-state index in [1.54, 1.807) is 24.4 Å². The Morgan fingerprint density at radius 1 is 1.00 bits per heavy atom. The van der Waals surface area contributed by atoms with Crippen molar-refractivity contribution < 1.29 is 5.11 Å². The Bertz CT molecular complexity index is 799. The Balaban J connectivity index is 1.87. The molecule has 0 atom stereocenters. The average molecular weight is 333 g/mol. The van der Waals surface area contributed by atoms with Crippen LogP contribution in [0.5, 0.6) is 5.75 Å². The highest BCUT2D eigenvalue weighted by Crippen LogP contribution is 2.27. The van der Waals surface area contributed by atoms with Gasteiger partial charge in [0.15, 0.2) is 0 Å². The Labute approximate surface area is 138 Å². The van der Waals surface area contributed by atoms with Gasteiger partial charge in [-0.2, -0.15) is 0 Å². The fraction of sp³-hybridized carbons (Fsp3) is 0.118. The summed E-state index contributed by atoms with van der Waals surface area (Å²) in [5.41, 5.74) is 1.78. The van der Waals surface area contributed by atoms with Crippen molar-refractivity contribution >= 4 is 23.2 Å². The molecule has 3 rings (SSSR count). The lowest BCUT2D eigenvalue weighted by Crippen LogP contribution is -2.05. The molecule has 22 heavy (non-hydrogen) atoms. The van der Waals surface area contributed by atoms with Gasteiger partial charge in [-0.1, -0.05) is 53.5 Å². The fourth-order valence-corrected chi connectivity index (χ4v) is 2.72. The van der Waals surface area contributed by atoms with Gasteiger partial charge in [-0.25, -0.2) is 4.98 Å². The summed E-state index contributed by atoms with van der Waals surface area (Å²) in [5.74, 6) is 1.15. The zero-order chi connectivity index (χ0) is 15.5. The van der Waals surface area contributed by atoms with Gasteiger partial charge in [-0.15, -0.1) is 0 Å². The summed E-state index contributed by atoms with van der Waals surface area (Å²) < 4.78 is 1.99. The molecular weight excluding hydrogens is 319 g/mol. The van der Waals surface area contributed by atoms with Gasteiger partial charge in [0.05, 0.1) is 16.6 Å². The smallest absolute Gasteiger partial charge is 0.120 e. The number of aromatic nitrogens is 2.